The summed E-state index contributed by atoms with van der Waals surface area (Å²) < 4.78 is 5.39. The van der Waals surface area contributed by atoms with Crippen molar-refractivity contribution in [1.29, 1.82) is 0 Å². The van der Waals surface area contributed by atoms with Crippen LogP contribution in [0.25, 0.3) is 0 Å². The first-order valence-corrected chi connectivity index (χ1v) is 5.37. The molecule has 1 aliphatic rings. The van der Waals surface area contributed by atoms with Crippen molar-refractivity contribution in [2.75, 3.05) is 6.61 Å². The van der Waals surface area contributed by atoms with Crippen LogP contribution in [-0.4, -0.2) is 23.8 Å². The van der Waals surface area contributed by atoms with Crippen molar-refractivity contribution in [2.24, 2.45) is 4.99 Å². The number of carbonyl (C=O) groups is 1. The Balaban J connectivity index is 2.05. The molecule has 3 heteroatoms. The van der Waals surface area contributed by atoms with Crippen LogP contribution in [0.1, 0.15) is 30.6 Å². The zero-order valence-electron chi connectivity index (χ0n) is 9.56. The van der Waals surface area contributed by atoms with Gasteiger partial charge in [0.1, 0.15) is 6.61 Å². The van der Waals surface area contributed by atoms with Gasteiger partial charge in [-0.2, -0.15) is 0 Å². The minimum Gasteiger partial charge on any atom is -0.478 e. The molecule has 0 radical (unpaired) electrons. The molecule has 0 saturated carbocycles. The number of rotatable bonds is 3. The fourth-order valence-electron chi connectivity index (χ4n) is 1.62. The van der Waals surface area contributed by atoms with Crippen LogP contribution in [0.5, 0.6) is 0 Å². The standard InChI is InChI=1S/C13H15NO2/c1-13(2)9-16-12(14-13)8-11(15)10-6-4-3-5-7-10/h3-7H,8-9H2,1-2H3. The zero-order valence-corrected chi connectivity index (χ0v) is 9.56. The van der Waals surface area contributed by atoms with Gasteiger partial charge in [-0.25, -0.2) is 4.99 Å². The number of nitrogens with zero attached hydrogens (tertiary/aromatic N) is 1. The Morgan fingerprint density at radius 2 is 2.06 bits per heavy atom. The van der Waals surface area contributed by atoms with Crippen molar-refractivity contribution in [3.05, 3.63) is 35.9 Å². The summed E-state index contributed by atoms with van der Waals surface area (Å²) in [6, 6.07) is 9.22. The third-order valence-electron chi connectivity index (χ3n) is 2.43. The minimum atomic E-state index is -0.188. The Hall–Kier alpha value is -1.64. The van der Waals surface area contributed by atoms with E-state index in [9.17, 15) is 4.79 Å². The molecule has 0 atom stereocenters. The fourth-order valence-corrected chi connectivity index (χ4v) is 1.62. The number of carbonyl (C=O) groups excluding carboxylic acids is 1. The summed E-state index contributed by atoms with van der Waals surface area (Å²) in [6.07, 6.45) is 0.257. The van der Waals surface area contributed by atoms with Gasteiger partial charge in [0.05, 0.1) is 12.0 Å². The molecule has 1 heterocycles. The van der Waals surface area contributed by atoms with Gasteiger partial charge in [0.15, 0.2) is 11.7 Å². The maximum Gasteiger partial charge on any atom is 0.191 e. The zero-order chi connectivity index (χ0) is 11.6. The Kier molecular flexibility index (Phi) is 2.77. The lowest BCUT2D eigenvalue weighted by atomic mass is 10.1. The highest BCUT2D eigenvalue weighted by Gasteiger charge is 2.27. The first kappa shape index (κ1) is 10.9. The van der Waals surface area contributed by atoms with Gasteiger partial charge in [0.25, 0.3) is 0 Å². The first-order chi connectivity index (χ1) is 7.57. The van der Waals surface area contributed by atoms with Crippen LogP contribution in [0.4, 0.5) is 0 Å². The second-order valence-corrected chi connectivity index (χ2v) is 4.57. The van der Waals surface area contributed by atoms with Crippen molar-refractivity contribution < 1.29 is 9.53 Å². The molecule has 1 aromatic rings. The second kappa shape index (κ2) is 4.08. The average Bonchev–Trinajstić information content (AvgIpc) is 2.59. The van der Waals surface area contributed by atoms with Crippen LogP contribution in [0.2, 0.25) is 0 Å². The van der Waals surface area contributed by atoms with Crippen LogP contribution in [0.15, 0.2) is 35.3 Å². The van der Waals surface area contributed by atoms with Crippen molar-refractivity contribution in [2.45, 2.75) is 25.8 Å². The Morgan fingerprint density at radius 1 is 1.38 bits per heavy atom. The fraction of sp³-hybridized carbons (Fsp3) is 0.385. The smallest absolute Gasteiger partial charge is 0.191 e. The molecule has 0 aliphatic carbocycles. The largest absolute Gasteiger partial charge is 0.478 e. The van der Waals surface area contributed by atoms with Crippen LogP contribution in [0.3, 0.4) is 0 Å². The maximum absolute atomic E-state index is 11.9. The maximum atomic E-state index is 11.9. The molecule has 84 valence electrons. The number of hydrogen-bond donors (Lipinski definition) is 0. The third-order valence-corrected chi connectivity index (χ3v) is 2.43. The van der Waals surface area contributed by atoms with Gasteiger partial charge in [-0.15, -0.1) is 0 Å². The van der Waals surface area contributed by atoms with E-state index in [-0.39, 0.29) is 17.7 Å². The lowest BCUT2D eigenvalue weighted by Gasteiger charge is -2.07. The second-order valence-electron chi connectivity index (χ2n) is 4.57. The summed E-state index contributed by atoms with van der Waals surface area (Å²) in [7, 11) is 0. The molecule has 0 bridgehead atoms. The summed E-state index contributed by atoms with van der Waals surface area (Å²) in [5.74, 6) is 0.607. The molecule has 0 saturated heterocycles. The number of Topliss-reactive ketones (excluding diaryl/α,β-unsaturated/α-hetero) is 1. The average molecular weight is 217 g/mol. The molecule has 0 amide bonds. The summed E-state index contributed by atoms with van der Waals surface area (Å²) in [4.78, 5) is 16.2. The van der Waals surface area contributed by atoms with Crippen LogP contribution in [-0.2, 0) is 4.74 Å². The minimum absolute atomic E-state index is 0.0528. The molecule has 16 heavy (non-hydrogen) atoms. The SMILES string of the molecule is CC1(C)COC(CC(=O)c2ccccc2)=N1. The highest BCUT2D eigenvalue weighted by molar-refractivity contribution is 6.07. The van der Waals surface area contributed by atoms with E-state index >= 15 is 0 Å². The molecule has 2 rings (SSSR count). The van der Waals surface area contributed by atoms with E-state index in [4.69, 9.17) is 4.74 Å². The highest BCUT2D eigenvalue weighted by Crippen LogP contribution is 2.19. The topological polar surface area (TPSA) is 38.7 Å². The lowest BCUT2D eigenvalue weighted by Crippen LogP contribution is -2.17. The van der Waals surface area contributed by atoms with Gasteiger partial charge in [0.2, 0.25) is 0 Å². The van der Waals surface area contributed by atoms with Crippen molar-refractivity contribution >= 4 is 11.7 Å². The number of hydrogen-bond acceptors (Lipinski definition) is 3. The molecule has 3 nitrogen and oxygen atoms in total. The molecule has 0 unspecified atom stereocenters. The normalized spacial score (nSPS) is 17.8. The number of ether oxygens (including phenoxy) is 1. The van der Waals surface area contributed by atoms with Gasteiger partial charge in [-0.1, -0.05) is 30.3 Å². The number of ketones is 1. The van der Waals surface area contributed by atoms with E-state index < -0.39 is 0 Å². The lowest BCUT2D eigenvalue weighted by molar-refractivity contribution is 0.0994. The Bertz CT molecular complexity index is 421. The number of benzene rings is 1. The Labute approximate surface area is 95.2 Å². The Morgan fingerprint density at radius 3 is 2.62 bits per heavy atom. The molecular formula is C13H15NO2. The van der Waals surface area contributed by atoms with Crippen LogP contribution < -0.4 is 0 Å². The molecule has 0 fully saturated rings. The molecule has 1 aliphatic heterocycles. The van der Waals surface area contributed by atoms with Crippen molar-refractivity contribution in [1.82, 2.24) is 0 Å². The van der Waals surface area contributed by atoms with E-state index in [0.29, 0.717) is 18.1 Å². The summed E-state index contributed by atoms with van der Waals surface area (Å²) in [5.41, 5.74) is 0.519. The van der Waals surface area contributed by atoms with Gasteiger partial charge in [-0.05, 0) is 13.8 Å². The molecule has 0 aromatic heterocycles. The summed E-state index contributed by atoms with van der Waals surface area (Å²) in [6.45, 7) is 4.55. The summed E-state index contributed by atoms with van der Waals surface area (Å²) >= 11 is 0. The van der Waals surface area contributed by atoms with Crippen molar-refractivity contribution in [3.8, 4) is 0 Å². The van der Waals surface area contributed by atoms with E-state index in [0.717, 1.165) is 0 Å². The quantitative estimate of drug-likeness (QED) is 0.729. The van der Waals surface area contributed by atoms with E-state index in [2.05, 4.69) is 4.99 Å². The van der Waals surface area contributed by atoms with E-state index in [1.54, 1.807) is 0 Å². The van der Waals surface area contributed by atoms with Gasteiger partial charge < -0.3 is 4.74 Å². The van der Waals surface area contributed by atoms with E-state index in [1.165, 1.54) is 0 Å². The molecular weight excluding hydrogens is 202 g/mol. The highest BCUT2D eigenvalue weighted by atomic mass is 16.5. The van der Waals surface area contributed by atoms with Crippen LogP contribution in [0, 0.1) is 0 Å². The molecule has 0 spiro atoms. The van der Waals surface area contributed by atoms with Crippen molar-refractivity contribution in [3.63, 3.8) is 0 Å². The summed E-state index contributed by atoms with van der Waals surface area (Å²) in [5, 5.41) is 0. The number of aliphatic imine (C=N–C) groups is 1. The van der Waals surface area contributed by atoms with Gasteiger partial charge in [-0.3, -0.25) is 4.79 Å². The van der Waals surface area contributed by atoms with Gasteiger partial charge >= 0.3 is 0 Å². The monoisotopic (exact) mass is 217 g/mol. The third kappa shape index (κ3) is 2.48. The van der Waals surface area contributed by atoms with Gasteiger partial charge in [0, 0.05) is 5.56 Å². The van der Waals surface area contributed by atoms with E-state index in [1.807, 2.05) is 44.2 Å². The predicted molar refractivity (Wildman–Crippen MR) is 62.9 cm³/mol. The molecule has 0 N–H and O–H groups in total. The van der Waals surface area contributed by atoms with Crippen LogP contribution >= 0.6 is 0 Å². The first-order valence-electron chi connectivity index (χ1n) is 5.37. The predicted octanol–water partition coefficient (Wildman–Crippen LogP) is 2.47. The molecule has 1 aromatic carbocycles.